The van der Waals surface area contributed by atoms with Crippen LogP contribution in [-0.4, -0.2) is 38.4 Å². The fourth-order valence-corrected chi connectivity index (χ4v) is 12.5. The van der Waals surface area contributed by atoms with Gasteiger partial charge in [0.25, 0.3) is 0 Å². The molecule has 0 aliphatic heterocycles. The molecule has 236 valence electrons. The van der Waals surface area contributed by atoms with Crippen molar-refractivity contribution in [2.75, 3.05) is 12.3 Å². The molecule has 1 heterocycles. The van der Waals surface area contributed by atoms with Crippen molar-refractivity contribution >= 4 is 27.5 Å². The summed E-state index contributed by atoms with van der Waals surface area (Å²) in [7, 11) is 3.95. The molecule has 3 saturated carbocycles. The van der Waals surface area contributed by atoms with Gasteiger partial charge in [-0.25, -0.2) is 0 Å². The van der Waals surface area contributed by atoms with Crippen molar-refractivity contribution in [3.05, 3.63) is 23.5 Å². The Balaban J connectivity index is 1.07. The maximum atomic E-state index is 12.3. The largest absolute Gasteiger partial charge is 0.354 e. The van der Waals surface area contributed by atoms with E-state index in [0.717, 1.165) is 47.0 Å². The quantitative estimate of drug-likeness (QED) is 0.137. The van der Waals surface area contributed by atoms with Gasteiger partial charge in [-0.05, 0) is 105 Å². The van der Waals surface area contributed by atoms with E-state index in [1.807, 2.05) is 34.7 Å². The minimum Gasteiger partial charge on any atom is -0.354 e. The van der Waals surface area contributed by atoms with Gasteiger partial charge in [-0.3, -0.25) is 9.48 Å². The molecule has 0 radical (unpaired) electrons. The zero-order chi connectivity index (χ0) is 29.9. The Bertz CT molecular complexity index is 1090. The molecule has 1 amide bonds. The summed E-state index contributed by atoms with van der Waals surface area (Å²) in [5, 5.41) is 11.8. The van der Waals surface area contributed by atoms with Crippen LogP contribution in [-0.2, 0) is 11.3 Å². The molecule has 8 atom stereocenters. The van der Waals surface area contributed by atoms with Crippen molar-refractivity contribution in [1.29, 1.82) is 0 Å². The molecule has 0 aromatic carbocycles. The smallest absolute Gasteiger partial charge is 0.220 e. The fourth-order valence-electron chi connectivity index (χ4n) is 9.92. The van der Waals surface area contributed by atoms with Crippen molar-refractivity contribution in [3.8, 4) is 0 Å². The molecule has 4 aliphatic rings. The summed E-state index contributed by atoms with van der Waals surface area (Å²) in [6, 6.07) is 0. The Morgan fingerprint density at radius 1 is 1.12 bits per heavy atom. The number of aromatic nitrogens is 3. The highest BCUT2D eigenvalue weighted by Gasteiger charge is 2.59. The number of fused-ring (bicyclic) bond motifs is 5. The number of nitrogens with one attached hydrogen (secondary N) is 1. The molecule has 4 aliphatic carbocycles. The number of hydrogen-bond acceptors (Lipinski definition) is 5. The van der Waals surface area contributed by atoms with Gasteiger partial charge in [-0.2, -0.15) is 0 Å². The van der Waals surface area contributed by atoms with Crippen LogP contribution in [0, 0.1) is 53.3 Å². The van der Waals surface area contributed by atoms with Crippen LogP contribution in [0.15, 0.2) is 17.8 Å². The third kappa shape index (κ3) is 7.13. The number of aryl methyl sites for hydroxylation is 1. The van der Waals surface area contributed by atoms with Crippen molar-refractivity contribution in [2.45, 2.75) is 130 Å². The normalized spacial score (nSPS) is 34.8. The molecule has 5 rings (SSSR count). The lowest BCUT2D eigenvalue weighted by Crippen LogP contribution is -2.50. The summed E-state index contributed by atoms with van der Waals surface area (Å²) in [6.07, 6.45) is 20.7. The molecule has 0 saturated heterocycles. The van der Waals surface area contributed by atoms with Crippen LogP contribution in [0.1, 0.15) is 117 Å². The van der Waals surface area contributed by atoms with Crippen LogP contribution >= 0.6 is 21.6 Å². The van der Waals surface area contributed by atoms with Gasteiger partial charge in [0.1, 0.15) is 0 Å². The molecule has 1 N–H and O–H groups in total. The Labute approximate surface area is 264 Å². The molecular formula is C35H58N4OS2. The summed E-state index contributed by atoms with van der Waals surface area (Å²) in [5.74, 6) is 6.45. The number of allylic oxidation sites excluding steroid dienone is 2. The summed E-state index contributed by atoms with van der Waals surface area (Å²) in [5.41, 5.74) is 3.69. The zero-order valence-electron chi connectivity index (χ0n) is 27.4. The molecule has 3 fully saturated rings. The lowest BCUT2D eigenvalue weighted by Gasteiger charge is -2.58. The van der Waals surface area contributed by atoms with Crippen molar-refractivity contribution in [2.24, 2.45) is 46.3 Å². The molecular weight excluding hydrogens is 557 g/mol. The maximum Gasteiger partial charge on any atom is 0.220 e. The number of amides is 1. The van der Waals surface area contributed by atoms with E-state index in [4.69, 9.17) is 0 Å². The first-order valence-electron chi connectivity index (χ1n) is 17.2. The van der Waals surface area contributed by atoms with Crippen molar-refractivity contribution < 1.29 is 4.79 Å². The van der Waals surface area contributed by atoms with Gasteiger partial charge in [0.05, 0.1) is 12.2 Å². The fraction of sp³-hybridized carbons (Fsp3) is 0.857. The second-order valence-electron chi connectivity index (χ2n) is 15.3. The number of nitrogens with zero attached hydrogens (tertiary/aromatic N) is 3. The molecule has 0 bridgehead atoms. The van der Waals surface area contributed by atoms with Gasteiger partial charge in [0.2, 0.25) is 5.91 Å². The van der Waals surface area contributed by atoms with Gasteiger partial charge >= 0.3 is 0 Å². The average Bonchev–Trinajstić information content (AvgIpc) is 3.53. The standard InChI is InChI=1S/C35H58N4OS2/c1-24(2)8-7-9-25(3)30-12-13-31-29-11-10-27-22-28(14-17-34(27,5)32(29)15-18-35(30,31)6)42-41-21-16-33(40)36-19-20-39-23-26(4)37-38-39/h10,23-25,28-32H,7-9,11-22H2,1-6H3,(H,36,40)/t25-,28+,29+,30-,31?,32?,34+,35-/m1/s1. The Morgan fingerprint density at radius 2 is 1.95 bits per heavy atom. The third-order valence-electron chi connectivity index (χ3n) is 12.2. The monoisotopic (exact) mass is 614 g/mol. The predicted molar refractivity (Wildman–Crippen MR) is 179 cm³/mol. The number of hydrogen-bond donors (Lipinski definition) is 1. The van der Waals surface area contributed by atoms with Crippen LogP contribution in [0.5, 0.6) is 0 Å². The highest BCUT2D eigenvalue weighted by molar-refractivity contribution is 8.76. The molecule has 5 nitrogen and oxygen atoms in total. The van der Waals surface area contributed by atoms with E-state index >= 15 is 0 Å². The Kier molecular flexibility index (Phi) is 10.8. The molecule has 0 spiro atoms. The average molecular weight is 615 g/mol. The maximum absolute atomic E-state index is 12.3. The van der Waals surface area contributed by atoms with Crippen molar-refractivity contribution in [3.63, 3.8) is 0 Å². The van der Waals surface area contributed by atoms with E-state index in [-0.39, 0.29) is 5.91 Å². The Hall–Kier alpha value is -0.950. The molecule has 2 unspecified atom stereocenters. The third-order valence-corrected chi connectivity index (χ3v) is 15.1. The summed E-state index contributed by atoms with van der Waals surface area (Å²) >= 11 is 0. The first-order chi connectivity index (χ1) is 20.1. The summed E-state index contributed by atoms with van der Waals surface area (Å²) in [6.45, 7) is 15.9. The summed E-state index contributed by atoms with van der Waals surface area (Å²) in [4.78, 5) is 12.3. The summed E-state index contributed by atoms with van der Waals surface area (Å²) < 4.78 is 1.78. The predicted octanol–water partition coefficient (Wildman–Crippen LogP) is 8.88. The molecule has 42 heavy (non-hydrogen) atoms. The first-order valence-corrected chi connectivity index (χ1v) is 19.6. The van der Waals surface area contributed by atoms with E-state index in [0.29, 0.717) is 35.6 Å². The lowest BCUT2D eigenvalue weighted by molar-refractivity contribution is -0.120. The van der Waals surface area contributed by atoms with Gasteiger partial charge < -0.3 is 5.32 Å². The topological polar surface area (TPSA) is 59.8 Å². The molecule has 7 heteroatoms. The minimum absolute atomic E-state index is 0.139. The van der Waals surface area contributed by atoms with E-state index in [9.17, 15) is 4.79 Å². The molecule has 1 aromatic rings. The second kappa shape index (κ2) is 14.0. The SMILES string of the molecule is Cc1cn(CCNC(=O)CCSS[C@H]2CC[C@@]3(C)C(=CC[C@@H]4C3CC[C@@]3(C)C4CC[C@@H]3[C@H](C)CCCC(C)C)C2)nn1. The van der Waals surface area contributed by atoms with Gasteiger partial charge in [0.15, 0.2) is 0 Å². The molecule has 1 aromatic heterocycles. The highest BCUT2D eigenvalue weighted by Crippen LogP contribution is 2.67. The van der Waals surface area contributed by atoms with Gasteiger partial charge in [0, 0.05) is 30.2 Å². The van der Waals surface area contributed by atoms with Crippen LogP contribution in [0.3, 0.4) is 0 Å². The number of carbonyl (C=O) groups excluding carboxylic acids is 1. The lowest BCUT2D eigenvalue weighted by atomic mass is 9.47. The number of carbonyl (C=O) groups is 1. The second-order valence-corrected chi connectivity index (χ2v) is 18.1. The van der Waals surface area contributed by atoms with Crippen LogP contribution in [0.2, 0.25) is 0 Å². The van der Waals surface area contributed by atoms with Crippen LogP contribution in [0.4, 0.5) is 0 Å². The van der Waals surface area contributed by atoms with Crippen LogP contribution in [0.25, 0.3) is 0 Å². The van der Waals surface area contributed by atoms with Crippen molar-refractivity contribution in [1.82, 2.24) is 20.3 Å². The van der Waals surface area contributed by atoms with E-state index in [1.165, 1.54) is 70.6 Å². The van der Waals surface area contributed by atoms with Crippen LogP contribution < -0.4 is 5.32 Å². The highest BCUT2D eigenvalue weighted by atomic mass is 33.1. The Morgan fingerprint density at radius 3 is 2.71 bits per heavy atom. The number of rotatable bonds is 13. The minimum atomic E-state index is 0.139. The van der Waals surface area contributed by atoms with E-state index < -0.39 is 0 Å². The van der Waals surface area contributed by atoms with Gasteiger partial charge in [-0.15, -0.1) is 5.10 Å². The van der Waals surface area contributed by atoms with Gasteiger partial charge in [-0.1, -0.05) is 92.3 Å². The van der Waals surface area contributed by atoms with E-state index in [2.05, 4.69) is 56.3 Å². The van der Waals surface area contributed by atoms with E-state index in [1.54, 1.807) is 10.3 Å². The first kappa shape index (κ1) is 32.4. The zero-order valence-corrected chi connectivity index (χ0v) is 29.0.